The first-order chi connectivity index (χ1) is 8.06. The summed E-state index contributed by atoms with van der Waals surface area (Å²) in [7, 11) is -1.67. The van der Waals surface area contributed by atoms with Gasteiger partial charge in [0.2, 0.25) is 0 Å². The Kier molecular flexibility index (Phi) is 9.75. The molecule has 17 heavy (non-hydrogen) atoms. The summed E-state index contributed by atoms with van der Waals surface area (Å²) in [6.07, 6.45) is 0. The fourth-order valence-corrected chi connectivity index (χ4v) is 15.0. The van der Waals surface area contributed by atoms with Crippen molar-refractivity contribution in [2.75, 3.05) is 26.2 Å². The van der Waals surface area contributed by atoms with E-state index in [1.807, 2.05) is 0 Å². The molecule has 104 valence electrons. The highest BCUT2D eigenvalue weighted by molar-refractivity contribution is 6.78. The molecule has 0 fully saturated rings. The van der Waals surface area contributed by atoms with Crippen LogP contribution in [0.4, 0.5) is 0 Å². The molecule has 0 bridgehead atoms. The van der Waals surface area contributed by atoms with Gasteiger partial charge in [-0.2, -0.15) is 0 Å². The molecular formula is C11H33N3Si3. The largest absolute Gasteiger partial charge is 0.354 e. The van der Waals surface area contributed by atoms with E-state index in [1.165, 1.54) is 26.2 Å². The number of nitrogens with zero attached hydrogens (tertiary/aromatic N) is 3. The van der Waals surface area contributed by atoms with Crippen LogP contribution in [0.3, 0.4) is 0 Å². The van der Waals surface area contributed by atoms with Crippen molar-refractivity contribution >= 4 is 27.9 Å². The van der Waals surface area contributed by atoms with E-state index < -0.39 is 18.2 Å². The van der Waals surface area contributed by atoms with Gasteiger partial charge in [-0.15, -0.1) is 0 Å². The molecule has 0 heterocycles. The first kappa shape index (κ1) is 17.5. The van der Waals surface area contributed by atoms with Gasteiger partial charge in [0.25, 0.3) is 0 Å². The van der Waals surface area contributed by atoms with E-state index in [0.29, 0.717) is 0 Å². The van der Waals surface area contributed by atoms with Gasteiger partial charge in [0.05, 0.1) is 9.68 Å². The van der Waals surface area contributed by atoms with Crippen LogP contribution in [0.5, 0.6) is 0 Å². The van der Waals surface area contributed by atoms with Gasteiger partial charge < -0.3 is 13.0 Å². The number of hydrogen-bond donors (Lipinski definition) is 0. The average Bonchev–Trinajstić information content (AvgIpc) is 2.33. The standard InChI is InChI=1S/C11H33N3Si3/c1-8-12(9-2)16(6)14(15-5)17(7)13(10-3)11-4/h16-17H,8-11,15H2,1-7H3. The summed E-state index contributed by atoms with van der Waals surface area (Å²) in [4.78, 5) is 0. The van der Waals surface area contributed by atoms with Crippen LogP contribution in [0.1, 0.15) is 27.7 Å². The van der Waals surface area contributed by atoms with Crippen LogP contribution >= 0.6 is 0 Å². The quantitative estimate of drug-likeness (QED) is 0.582. The highest BCUT2D eigenvalue weighted by atomic mass is 28.4. The van der Waals surface area contributed by atoms with Crippen molar-refractivity contribution in [3.63, 3.8) is 0 Å². The minimum absolute atomic E-state index is 0.0164. The van der Waals surface area contributed by atoms with Crippen LogP contribution < -0.4 is 0 Å². The molecule has 0 rings (SSSR count). The highest BCUT2D eigenvalue weighted by Gasteiger charge is 2.27. The number of hydrogen-bond acceptors (Lipinski definition) is 3. The molecule has 0 aromatic carbocycles. The second-order valence-electron chi connectivity index (χ2n) is 4.54. The Balaban J connectivity index is 4.68. The van der Waals surface area contributed by atoms with Gasteiger partial charge in [0, 0.05) is 0 Å². The van der Waals surface area contributed by atoms with Crippen molar-refractivity contribution in [2.45, 2.75) is 47.3 Å². The third-order valence-corrected chi connectivity index (χ3v) is 18.2. The molecule has 0 radical (unpaired) electrons. The molecule has 3 nitrogen and oxygen atoms in total. The molecule has 0 aliphatic rings. The van der Waals surface area contributed by atoms with Crippen LogP contribution in [-0.2, 0) is 0 Å². The fourth-order valence-electron chi connectivity index (χ4n) is 2.76. The van der Waals surface area contributed by atoms with E-state index in [0.717, 1.165) is 0 Å². The first-order valence-electron chi connectivity index (χ1n) is 7.30. The van der Waals surface area contributed by atoms with Gasteiger partial charge >= 0.3 is 0 Å². The van der Waals surface area contributed by atoms with Crippen LogP contribution in [0.2, 0.25) is 19.6 Å². The Hall–Kier alpha value is 0.531. The molecule has 0 aliphatic heterocycles. The van der Waals surface area contributed by atoms with Gasteiger partial charge in [-0.3, -0.25) is 0 Å². The van der Waals surface area contributed by atoms with Crippen molar-refractivity contribution in [3.8, 4) is 0 Å². The van der Waals surface area contributed by atoms with Crippen molar-refractivity contribution in [2.24, 2.45) is 0 Å². The van der Waals surface area contributed by atoms with Gasteiger partial charge in [-0.05, 0) is 39.3 Å². The summed E-state index contributed by atoms with van der Waals surface area (Å²) in [6, 6.07) is 0. The zero-order chi connectivity index (χ0) is 13.4. The third-order valence-electron chi connectivity index (χ3n) is 4.01. The van der Waals surface area contributed by atoms with Gasteiger partial charge in [0.1, 0.15) is 0 Å². The Bertz CT molecular complexity index is 169. The van der Waals surface area contributed by atoms with Crippen LogP contribution in [-0.4, -0.2) is 67.1 Å². The summed E-state index contributed by atoms with van der Waals surface area (Å²) in [6.45, 7) is 21.7. The summed E-state index contributed by atoms with van der Waals surface area (Å²) in [5, 5.41) is 0. The summed E-state index contributed by atoms with van der Waals surface area (Å²) in [5.41, 5.74) is 0. The smallest absolute Gasteiger partial charge is 0.173 e. The molecule has 6 heteroatoms. The van der Waals surface area contributed by atoms with E-state index in [1.54, 1.807) is 0 Å². The van der Waals surface area contributed by atoms with Gasteiger partial charge in [0.15, 0.2) is 18.2 Å². The SMILES string of the molecule is CCN(CC)[SiH](C)N([SiH2]C)[SiH](C)N(CC)CC. The minimum atomic E-state index is -0.826. The molecule has 0 saturated heterocycles. The van der Waals surface area contributed by atoms with Gasteiger partial charge in [-0.1, -0.05) is 34.2 Å². The minimum Gasteiger partial charge on any atom is -0.354 e. The van der Waals surface area contributed by atoms with E-state index in [4.69, 9.17) is 0 Å². The number of rotatable bonds is 9. The fraction of sp³-hybridized carbons (Fsp3) is 1.00. The molecule has 2 atom stereocenters. The molecule has 0 aliphatic carbocycles. The monoisotopic (exact) mass is 291 g/mol. The van der Waals surface area contributed by atoms with E-state index in [9.17, 15) is 0 Å². The van der Waals surface area contributed by atoms with Crippen molar-refractivity contribution in [1.82, 2.24) is 13.0 Å². The van der Waals surface area contributed by atoms with E-state index >= 15 is 0 Å². The van der Waals surface area contributed by atoms with Crippen molar-refractivity contribution in [3.05, 3.63) is 0 Å². The third kappa shape index (κ3) is 4.96. The van der Waals surface area contributed by atoms with Crippen LogP contribution in [0, 0.1) is 0 Å². The lowest BCUT2D eigenvalue weighted by Gasteiger charge is -2.42. The molecule has 0 saturated carbocycles. The molecule has 0 aromatic heterocycles. The Morgan fingerprint density at radius 1 is 0.765 bits per heavy atom. The van der Waals surface area contributed by atoms with E-state index in [2.05, 4.69) is 60.4 Å². The molecule has 0 spiro atoms. The predicted molar refractivity (Wildman–Crippen MR) is 88.1 cm³/mol. The van der Waals surface area contributed by atoms with Crippen molar-refractivity contribution < 1.29 is 0 Å². The Labute approximate surface area is 115 Å². The topological polar surface area (TPSA) is 9.72 Å². The van der Waals surface area contributed by atoms with Crippen molar-refractivity contribution in [1.29, 1.82) is 0 Å². The molecular weight excluding hydrogens is 258 g/mol. The average molecular weight is 292 g/mol. The first-order valence-corrected chi connectivity index (χ1v) is 13.7. The summed E-state index contributed by atoms with van der Waals surface area (Å²) < 4.78 is 8.45. The zero-order valence-corrected chi connectivity index (χ0v) is 16.8. The molecule has 0 aromatic rings. The van der Waals surface area contributed by atoms with Crippen LogP contribution in [0.15, 0.2) is 0 Å². The van der Waals surface area contributed by atoms with Gasteiger partial charge in [-0.25, -0.2) is 0 Å². The molecule has 2 unspecified atom stereocenters. The normalized spacial score (nSPS) is 16.6. The maximum absolute atomic E-state index is 3.00. The highest BCUT2D eigenvalue weighted by Crippen LogP contribution is 2.07. The zero-order valence-electron chi connectivity index (χ0n) is 13.0. The lowest BCUT2D eigenvalue weighted by molar-refractivity contribution is 0.437. The predicted octanol–water partition coefficient (Wildman–Crippen LogP) is 0.804. The van der Waals surface area contributed by atoms with Crippen LogP contribution in [0.25, 0.3) is 0 Å². The Morgan fingerprint density at radius 2 is 1.06 bits per heavy atom. The Morgan fingerprint density at radius 3 is 1.24 bits per heavy atom. The second-order valence-corrected chi connectivity index (χ2v) is 13.3. The molecule has 0 N–H and O–H groups in total. The maximum Gasteiger partial charge on any atom is 0.173 e. The lowest BCUT2D eigenvalue weighted by atomic mass is 10.7. The summed E-state index contributed by atoms with van der Waals surface area (Å²) >= 11 is 0. The second kappa shape index (κ2) is 9.46. The lowest BCUT2D eigenvalue weighted by Crippen LogP contribution is -2.62. The molecule has 0 amide bonds. The summed E-state index contributed by atoms with van der Waals surface area (Å²) in [5.74, 6) is 0. The maximum atomic E-state index is 3.00. The van der Waals surface area contributed by atoms with E-state index in [-0.39, 0.29) is 9.68 Å².